The van der Waals surface area contributed by atoms with Crippen molar-refractivity contribution in [1.29, 1.82) is 0 Å². The fourth-order valence-corrected chi connectivity index (χ4v) is 4.06. The summed E-state index contributed by atoms with van der Waals surface area (Å²) in [4.78, 5) is 21.8. The lowest BCUT2D eigenvalue weighted by Crippen LogP contribution is -2.23. The fraction of sp³-hybridized carbons (Fsp3) is 0.333. The summed E-state index contributed by atoms with van der Waals surface area (Å²) in [5.41, 5.74) is 11.2. The molecule has 30 heavy (non-hydrogen) atoms. The summed E-state index contributed by atoms with van der Waals surface area (Å²) in [5.74, 6) is 0.249. The van der Waals surface area contributed by atoms with E-state index in [1.54, 1.807) is 4.68 Å². The monoisotopic (exact) mass is 444 g/mol. The zero-order valence-electron chi connectivity index (χ0n) is 17.7. The average molecular weight is 445 g/mol. The number of carbonyl (C=O) groups excluding carboxylic acids is 1. The minimum atomic E-state index is -0.408. The minimum absolute atomic E-state index is 0.138. The first-order chi connectivity index (χ1) is 14.2. The second kappa shape index (κ2) is 9.06. The third-order valence-electron chi connectivity index (χ3n) is 4.87. The van der Waals surface area contributed by atoms with E-state index in [0.29, 0.717) is 22.4 Å². The standard InChI is InChI=1S/C21H25ClN6OS/c1-6-16-17(14-7-9-15(22)10-8-14)19(23)26-21(24-16)30-13(4)20(29)25-18-11(2)27-28(5)12(18)3/h7-10,13H,6H2,1-5H3,(H,25,29)(H2,23,24,26). The highest BCUT2D eigenvalue weighted by Gasteiger charge is 2.21. The number of nitrogens with zero attached hydrogens (tertiary/aromatic N) is 4. The number of nitrogens with one attached hydrogen (secondary N) is 1. The number of hydrogen-bond donors (Lipinski definition) is 2. The minimum Gasteiger partial charge on any atom is -0.383 e. The number of hydrogen-bond acceptors (Lipinski definition) is 6. The summed E-state index contributed by atoms with van der Waals surface area (Å²) in [6.45, 7) is 7.62. The van der Waals surface area contributed by atoms with Crippen LogP contribution in [-0.4, -0.2) is 30.9 Å². The number of benzene rings is 1. The molecule has 0 aliphatic carbocycles. The first-order valence-corrected chi connectivity index (χ1v) is 10.9. The van der Waals surface area contributed by atoms with Crippen molar-refractivity contribution in [2.24, 2.45) is 7.05 Å². The van der Waals surface area contributed by atoms with Crippen LogP contribution < -0.4 is 11.1 Å². The largest absolute Gasteiger partial charge is 0.383 e. The summed E-state index contributed by atoms with van der Waals surface area (Å²) in [7, 11) is 1.85. The third-order valence-corrected chi connectivity index (χ3v) is 6.08. The molecule has 1 atom stereocenters. The Hall–Kier alpha value is -2.58. The van der Waals surface area contributed by atoms with E-state index in [1.807, 2.05) is 59.0 Å². The molecule has 2 heterocycles. The van der Waals surface area contributed by atoms with Crippen molar-refractivity contribution in [1.82, 2.24) is 19.7 Å². The van der Waals surface area contributed by atoms with E-state index in [0.717, 1.165) is 33.9 Å². The quantitative estimate of drug-likeness (QED) is 0.431. The zero-order valence-corrected chi connectivity index (χ0v) is 19.2. The lowest BCUT2D eigenvalue weighted by atomic mass is 10.0. The molecule has 0 radical (unpaired) electrons. The van der Waals surface area contributed by atoms with Crippen molar-refractivity contribution in [2.75, 3.05) is 11.1 Å². The van der Waals surface area contributed by atoms with Crippen LogP contribution in [0, 0.1) is 13.8 Å². The predicted molar refractivity (Wildman–Crippen MR) is 123 cm³/mol. The lowest BCUT2D eigenvalue weighted by molar-refractivity contribution is -0.115. The first-order valence-electron chi connectivity index (χ1n) is 9.61. The van der Waals surface area contributed by atoms with Gasteiger partial charge >= 0.3 is 0 Å². The number of nitrogen functional groups attached to an aromatic ring is 1. The lowest BCUT2D eigenvalue weighted by Gasteiger charge is -2.15. The molecular formula is C21H25ClN6OS. The molecule has 1 unspecified atom stereocenters. The summed E-state index contributed by atoms with van der Waals surface area (Å²) in [6.07, 6.45) is 0.687. The van der Waals surface area contributed by atoms with Crippen molar-refractivity contribution < 1.29 is 4.79 Å². The number of halogens is 1. The Morgan fingerprint density at radius 1 is 1.27 bits per heavy atom. The average Bonchev–Trinajstić information content (AvgIpc) is 2.94. The molecule has 0 saturated carbocycles. The maximum atomic E-state index is 12.7. The highest BCUT2D eigenvalue weighted by molar-refractivity contribution is 8.00. The molecule has 7 nitrogen and oxygen atoms in total. The number of nitrogens with two attached hydrogens (primary N) is 1. The Morgan fingerprint density at radius 3 is 2.50 bits per heavy atom. The van der Waals surface area contributed by atoms with Crippen LogP contribution in [0.3, 0.4) is 0 Å². The van der Waals surface area contributed by atoms with E-state index in [-0.39, 0.29) is 5.91 Å². The van der Waals surface area contributed by atoms with Gasteiger partial charge in [-0.3, -0.25) is 9.48 Å². The van der Waals surface area contributed by atoms with Crippen LogP contribution in [-0.2, 0) is 18.3 Å². The number of thioether (sulfide) groups is 1. The summed E-state index contributed by atoms with van der Waals surface area (Å²) in [6, 6.07) is 7.43. The molecule has 0 spiro atoms. The second-order valence-corrected chi connectivity index (χ2v) is 8.74. The Labute approximate surface area is 185 Å². The number of aromatic nitrogens is 4. The van der Waals surface area contributed by atoms with E-state index in [1.165, 1.54) is 11.8 Å². The summed E-state index contributed by atoms with van der Waals surface area (Å²) >= 11 is 7.27. The molecule has 0 saturated heterocycles. The molecular weight excluding hydrogens is 420 g/mol. The molecule has 3 N–H and O–H groups in total. The number of carbonyl (C=O) groups is 1. The Bertz CT molecular complexity index is 1080. The van der Waals surface area contributed by atoms with Crippen LogP contribution >= 0.6 is 23.4 Å². The number of amides is 1. The molecule has 3 rings (SSSR count). The van der Waals surface area contributed by atoms with Crippen molar-refractivity contribution in [3.05, 3.63) is 46.4 Å². The van der Waals surface area contributed by atoms with Gasteiger partial charge in [-0.05, 0) is 44.9 Å². The van der Waals surface area contributed by atoms with E-state index < -0.39 is 5.25 Å². The normalized spacial score (nSPS) is 12.1. The van der Waals surface area contributed by atoms with Gasteiger partial charge in [-0.15, -0.1) is 0 Å². The van der Waals surface area contributed by atoms with Gasteiger partial charge in [0.2, 0.25) is 5.91 Å². The van der Waals surface area contributed by atoms with Gasteiger partial charge in [0, 0.05) is 17.6 Å². The molecule has 9 heteroatoms. The van der Waals surface area contributed by atoms with E-state index in [2.05, 4.69) is 20.4 Å². The first kappa shape index (κ1) is 22.1. The van der Waals surface area contributed by atoms with Gasteiger partial charge in [-0.25, -0.2) is 9.97 Å². The van der Waals surface area contributed by atoms with Gasteiger partial charge in [0.15, 0.2) is 5.16 Å². The van der Waals surface area contributed by atoms with E-state index >= 15 is 0 Å². The molecule has 0 aliphatic rings. The predicted octanol–water partition coefficient (Wildman–Crippen LogP) is 4.41. The van der Waals surface area contributed by atoms with Crippen LogP contribution in [0.25, 0.3) is 11.1 Å². The van der Waals surface area contributed by atoms with Gasteiger partial charge in [0.1, 0.15) is 5.82 Å². The number of aryl methyl sites for hydroxylation is 3. The van der Waals surface area contributed by atoms with Crippen molar-refractivity contribution in [2.45, 2.75) is 44.5 Å². The third kappa shape index (κ3) is 4.60. The molecule has 0 aliphatic heterocycles. The molecule has 1 amide bonds. The summed E-state index contributed by atoms with van der Waals surface area (Å²) in [5, 5.41) is 8.02. The van der Waals surface area contributed by atoms with E-state index in [9.17, 15) is 4.79 Å². The van der Waals surface area contributed by atoms with Crippen molar-refractivity contribution >= 4 is 40.8 Å². The zero-order chi connectivity index (χ0) is 22.0. The highest BCUT2D eigenvalue weighted by atomic mass is 35.5. The fourth-order valence-electron chi connectivity index (χ4n) is 3.13. The maximum absolute atomic E-state index is 12.7. The molecule has 1 aromatic carbocycles. The van der Waals surface area contributed by atoms with Crippen LogP contribution in [0.1, 0.15) is 30.9 Å². The highest BCUT2D eigenvalue weighted by Crippen LogP contribution is 2.32. The topological polar surface area (TPSA) is 98.7 Å². The van der Waals surface area contributed by atoms with Gasteiger partial charge in [-0.1, -0.05) is 42.4 Å². The molecule has 2 aromatic heterocycles. The van der Waals surface area contributed by atoms with Gasteiger partial charge in [0.25, 0.3) is 0 Å². The van der Waals surface area contributed by atoms with Crippen LogP contribution in [0.4, 0.5) is 11.5 Å². The SMILES string of the molecule is CCc1nc(SC(C)C(=O)Nc2c(C)nn(C)c2C)nc(N)c1-c1ccc(Cl)cc1. The van der Waals surface area contributed by atoms with Gasteiger partial charge in [-0.2, -0.15) is 5.10 Å². The van der Waals surface area contributed by atoms with Crippen LogP contribution in [0.15, 0.2) is 29.4 Å². The Morgan fingerprint density at radius 2 is 1.93 bits per heavy atom. The van der Waals surface area contributed by atoms with Crippen LogP contribution in [0.2, 0.25) is 5.02 Å². The molecule has 158 valence electrons. The van der Waals surface area contributed by atoms with Crippen molar-refractivity contribution in [3.63, 3.8) is 0 Å². The Kier molecular flexibility index (Phi) is 6.67. The Balaban J connectivity index is 1.81. The van der Waals surface area contributed by atoms with Crippen LogP contribution in [0.5, 0.6) is 0 Å². The molecule has 0 fully saturated rings. The molecule has 0 bridgehead atoms. The number of anilines is 2. The van der Waals surface area contributed by atoms with Gasteiger partial charge in [0.05, 0.1) is 28.0 Å². The maximum Gasteiger partial charge on any atom is 0.237 e. The number of rotatable bonds is 6. The second-order valence-electron chi connectivity index (χ2n) is 6.99. The van der Waals surface area contributed by atoms with Gasteiger partial charge < -0.3 is 11.1 Å². The summed E-state index contributed by atoms with van der Waals surface area (Å²) < 4.78 is 1.75. The smallest absolute Gasteiger partial charge is 0.237 e. The van der Waals surface area contributed by atoms with E-state index in [4.69, 9.17) is 17.3 Å². The molecule has 3 aromatic rings. The van der Waals surface area contributed by atoms with Crippen molar-refractivity contribution in [3.8, 4) is 11.1 Å².